The molecule has 0 aliphatic heterocycles. The van der Waals surface area contributed by atoms with E-state index in [2.05, 4.69) is 5.32 Å². The Kier molecular flexibility index (Phi) is 7.21. The molecule has 3 aromatic carbocycles. The van der Waals surface area contributed by atoms with E-state index in [0.717, 1.165) is 28.6 Å². The second-order valence-electron chi connectivity index (χ2n) is 6.65. The average Bonchev–Trinajstić information content (AvgIpc) is 2.78. The van der Waals surface area contributed by atoms with Gasteiger partial charge in [0.1, 0.15) is 12.4 Å². The molecule has 0 heterocycles. The number of sulfonamides is 1. The molecule has 0 spiro atoms. The lowest BCUT2D eigenvalue weighted by atomic mass is 10.2. The lowest BCUT2D eigenvalue weighted by molar-refractivity contribution is -0.114. The van der Waals surface area contributed by atoms with Gasteiger partial charge in [-0.15, -0.1) is 0 Å². The Bertz CT molecular complexity index is 1200. The molecule has 0 fully saturated rings. The molecule has 3 aromatic rings. The molecule has 0 bridgehead atoms. The Balaban J connectivity index is 1.86. The number of nitrogens with one attached hydrogen (secondary N) is 1. The number of benzene rings is 3. The maximum atomic E-state index is 13.3. The monoisotopic (exact) mass is 456 g/mol. The Hall–Kier alpha value is -3.72. The van der Waals surface area contributed by atoms with Crippen LogP contribution in [0.15, 0.2) is 83.8 Å². The van der Waals surface area contributed by atoms with E-state index in [1.165, 1.54) is 6.07 Å². The molecule has 32 heavy (non-hydrogen) atoms. The van der Waals surface area contributed by atoms with Crippen LogP contribution in [0.25, 0.3) is 0 Å². The maximum absolute atomic E-state index is 13.3. The molecule has 1 amide bonds. The van der Waals surface area contributed by atoms with Crippen LogP contribution < -0.4 is 9.62 Å². The van der Waals surface area contributed by atoms with Crippen molar-refractivity contribution in [1.82, 2.24) is 0 Å². The number of ether oxygens (including phenoxy) is 1. The molecule has 0 unspecified atom stereocenters. The third-order valence-corrected chi connectivity index (χ3v) is 6.18. The number of para-hydroxylation sites is 1. The van der Waals surface area contributed by atoms with Gasteiger partial charge in [0.25, 0.3) is 10.0 Å². The van der Waals surface area contributed by atoms with Gasteiger partial charge in [-0.3, -0.25) is 9.10 Å². The van der Waals surface area contributed by atoms with E-state index in [-0.39, 0.29) is 22.8 Å². The molecule has 7 nitrogen and oxygen atoms in total. The van der Waals surface area contributed by atoms with Crippen molar-refractivity contribution in [3.8, 4) is 0 Å². The highest BCUT2D eigenvalue weighted by molar-refractivity contribution is 7.92. The van der Waals surface area contributed by atoms with Gasteiger partial charge in [0, 0.05) is 5.69 Å². The van der Waals surface area contributed by atoms with E-state index in [4.69, 9.17) is 4.74 Å². The van der Waals surface area contributed by atoms with Crippen LogP contribution in [0.3, 0.4) is 0 Å². The topological polar surface area (TPSA) is 92.8 Å². The molecule has 0 aromatic heterocycles. The molecule has 0 atom stereocenters. The summed E-state index contributed by atoms with van der Waals surface area (Å²) in [6.45, 7) is 1.36. The van der Waals surface area contributed by atoms with Gasteiger partial charge in [-0.05, 0) is 61.5 Å². The van der Waals surface area contributed by atoms with Crippen LogP contribution in [0.2, 0.25) is 0 Å². The number of nitrogens with zero attached hydrogens (tertiary/aromatic N) is 1. The van der Waals surface area contributed by atoms with Crippen molar-refractivity contribution in [3.63, 3.8) is 0 Å². The van der Waals surface area contributed by atoms with Crippen molar-refractivity contribution in [2.45, 2.75) is 11.8 Å². The Labute approximate surface area is 185 Å². The molecule has 3 rings (SSSR count). The third-order valence-electron chi connectivity index (χ3n) is 4.39. The zero-order chi connectivity index (χ0) is 23.1. The lowest BCUT2D eigenvalue weighted by Gasteiger charge is -2.24. The Morgan fingerprint density at radius 2 is 1.66 bits per heavy atom. The van der Waals surface area contributed by atoms with Crippen LogP contribution in [0.1, 0.15) is 17.3 Å². The van der Waals surface area contributed by atoms with E-state index < -0.39 is 34.3 Å². The van der Waals surface area contributed by atoms with Crippen LogP contribution in [0.5, 0.6) is 0 Å². The first-order valence-electron chi connectivity index (χ1n) is 9.71. The van der Waals surface area contributed by atoms with E-state index in [0.29, 0.717) is 5.69 Å². The molecule has 0 radical (unpaired) electrons. The van der Waals surface area contributed by atoms with Crippen molar-refractivity contribution in [2.24, 2.45) is 0 Å². The number of anilines is 2. The average molecular weight is 456 g/mol. The Morgan fingerprint density at radius 3 is 2.31 bits per heavy atom. The fraction of sp³-hybridized carbons (Fsp3) is 0.130. The number of carbonyl (C=O) groups is 2. The summed E-state index contributed by atoms with van der Waals surface area (Å²) in [7, 11) is -4.16. The first-order valence-corrected chi connectivity index (χ1v) is 11.2. The molecule has 0 saturated heterocycles. The molecule has 0 aliphatic rings. The summed E-state index contributed by atoms with van der Waals surface area (Å²) in [6.07, 6.45) is 0. The highest BCUT2D eigenvalue weighted by atomic mass is 32.2. The second-order valence-corrected chi connectivity index (χ2v) is 8.51. The van der Waals surface area contributed by atoms with Crippen LogP contribution in [-0.4, -0.2) is 33.4 Å². The zero-order valence-electron chi connectivity index (χ0n) is 17.2. The smallest absolute Gasteiger partial charge is 0.338 e. The predicted octanol–water partition coefficient (Wildman–Crippen LogP) is 3.84. The minimum Gasteiger partial charge on any atom is -0.462 e. The number of carbonyl (C=O) groups excluding carboxylic acids is 2. The fourth-order valence-corrected chi connectivity index (χ4v) is 4.33. The third kappa shape index (κ3) is 5.50. The second kappa shape index (κ2) is 10.1. The fourth-order valence-electron chi connectivity index (χ4n) is 2.91. The van der Waals surface area contributed by atoms with Crippen molar-refractivity contribution in [2.75, 3.05) is 22.8 Å². The number of hydrogen-bond donors (Lipinski definition) is 1. The highest BCUT2D eigenvalue weighted by Gasteiger charge is 2.27. The summed E-state index contributed by atoms with van der Waals surface area (Å²) < 4.78 is 45.6. The van der Waals surface area contributed by atoms with Crippen molar-refractivity contribution >= 4 is 33.3 Å². The SMILES string of the molecule is CCOC(=O)c1cccc(NC(=O)CN(c2ccccc2)S(=O)(=O)c2ccc(F)cc2)c1. The molecular weight excluding hydrogens is 435 g/mol. The zero-order valence-corrected chi connectivity index (χ0v) is 18.0. The number of rotatable bonds is 8. The summed E-state index contributed by atoms with van der Waals surface area (Å²) >= 11 is 0. The molecular formula is C23H21FN2O5S. The Morgan fingerprint density at radius 1 is 0.969 bits per heavy atom. The van der Waals surface area contributed by atoms with Crippen molar-refractivity contribution in [1.29, 1.82) is 0 Å². The van der Waals surface area contributed by atoms with Gasteiger partial charge in [0.2, 0.25) is 5.91 Å². The summed E-state index contributed by atoms with van der Waals surface area (Å²) in [5, 5.41) is 2.60. The highest BCUT2D eigenvalue weighted by Crippen LogP contribution is 2.24. The molecule has 0 saturated carbocycles. The predicted molar refractivity (Wildman–Crippen MR) is 118 cm³/mol. The van der Waals surface area contributed by atoms with Gasteiger partial charge in [-0.25, -0.2) is 17.6 Å². The molecule has 1 N–H and O–H groups in total. The number of amides is 1. The molecule has 166 valence electrons. The summed E-state index contributed by atoms with van der Waals surface area (Å²) in [5.74, 6) is -1.73. The summed E-state index contributed by atoms with van der Waals surface area (Å²) in [5.41, 5.74) is 0.837. The van der Waals surface area contributed by atoms with E-state index in [1.807, 2.05) is 0 Å². The van der Waals surface area contributed by atoms with Crippen molar-refractivity contribution in [3.05, 3.63) is 90.2 Å². The van der Waals surface area contributed by atoms with Crippen LogP contribution in [0, 0.1) is 5.82 Å². The first kappa shape index (κ1) is 23.0. The van der Waals surface area contributed by atoms with Crippen LogP contribution >= 0.6 is 0 Å². The maximum Gasteiger partial charge on any atom is 0.338 e. The summed E-state index contributed by atoms with van der Waals surface area (Å²) in [4.78, 5) is 24.5. The van der Waals surface area contributed by atoms with E-state index in [9.17, 15) is 22.4 Å². The van der Waals surface area contributed by atoms with Gasteiger partial charge < -0.3 is 10.1 Å². The van der Waals surface area contributed by atoms with E-state index in [1.54, 1.807) is 55.5 Å². The van der Waals surface area contributed by atoms with Gasteiger partial charge >= 0.3 is 5.97 Å². The van der Waals surface area contributed by atoms with Crippen LogP contribution in [0.4, 0.5) is 15.8 Å². The minimum absolute atomic E-state index is 0.153. The summed E-state index contributed by atoms with van der Waals surface area (Å²) in [6, 6.07) is 18.6. The van der Waals surface area contributed by atoms with Gasteiger partial charge in [-0.1, -0.05) is 24.3 Å². The van der Waals surface area contributed by atoms with Crippen LogP contribution in [-0.2, 0) is 19.6 Å². The van der Waals surface area contributed by atoms with E-state index >= 15 is 0 Å². The van der Waals surface area contributed by atoms with Gasteiger partial charge in [0.15, 0.2) is 0 Å². The van der Waals surface area contributed by atoms with Crippen molar-refractivity contribution < 1.29 is 27.1 Å². The molecule has 0 aliphatic carbocycles. The largest absolute Gasteiger partial charge is 0.462 e. The lowest BCUT2D eigenvalue weighted by Crippen LogP contribution is -2.38. The number of esters is 1. The van der Waals surface area contributed by atoms with Gasteiger partial charge in [0.05, 0.1) is 22.8 Å². The van der Waals surface area contributed by atoms with Gasteiger partial charge in [-0.2, -0.15) is 0 Å². The minimum atomic E-state index is -4.16. The number of halogens is 1. The molecule has 9 heteroatoms. The first-order chi connectivity index (χ1) is 15.3. The normalized spacial score (nSPS) is 10.9. The number of hydrogen-bond acceptors (Lipinski definition) is 5. The quantitative estimate of drug-likeness (QED) is 0.520. The standard InChI is InChI=1S/C23H21FN2O5S/c1-2-31-23(28)17-7-6-8-19(15-17)25-22(27)16-26(20-9-4-3-5-10-20)32(29,30)21-13-11-18(24)12-14-21/h3-15H,2,16H2,1H3,(H,25,27).